The molecular formula is C20H20N6O2. The van der Waals surface area contributed by atoms with Gasteiger partial charge in [-0.1, -0.05) is 35.4 Å². The quantitative estimate of drug-likeness (QED) is 0.711. The molecule has 8 heteroatoms. The second-order valence-corrected chi connectivity index (χ2v) is 6.34. The lowest BCUT2D eigenvalue weighted by molar-refractivity contribution is -0.113. The Labute approximate surface area is 162 Å². The van der Waals surface area contributed by atoms with Crippen molar-refractivity contribution in [3.05, 3.63) is 71.4 Å². The highest BCUT2D eigenvalue weighted by Gasteiger charge is 2.34. The molecule has 0 bridgehead atoms. The summed E-state index contributed by atoms with van der Waals surface area (Å²) in [7, 11) is 0. The predicted octanol–water partition coefficient (Wildman–Crippen LogP) is 3.00. The zero-order chi connectivity index (χ0) is 19.5. The number of amides is 1. The van der Waals surface area contributed by atoms with Crippen LogP contribution in [-0.4, -0.2) is 32.7 Å². The summed E-state index contributed by atoms with van der Waals surface area (Å²) in [5.41, 5.74) is 2.86. The summed E-state index contributed by atoms with van der Waals surface area (Å²) in [5.74, 6) is 1.05. The summed E-state index contributed by atoms with van der Waals surface area (Å²) >= 11 is 0. The molecule has 2 heterocycles. The number of carbonyl (C=O) groups excluding carboxylic acids is 1. The predicted molar refractivity (Wildman–Crippen MR) is 105 cm³/mol. The van der Waals surface area contributed by atoms with Crippen LogP contribution in [0.15, 0.2) is 65.9 Å². The molecular weight excluding hydrogens is 356 g/mol. The molecule has 0 saturated heterocycles. The zero-order valence-electron chi connectivity index (χ0n) is 15.6. The number of fused-ring (bicyclic) bond motifs is 1. The molecule has 28 heavy (non-hydrogen) atoms. The lowest BCUT2D eigenvalue weighted by Crippen LogP contribution is -2.31. The van der Waals surface area contributed by atoms with Gasteiger partial charge in [0.1, 0.15) is 11.8 Å². The summed E-state index contributed by atoms with van der Waals surface area (Å²) < 4.78 is 7.14. The van der Waals surface area contributed by atoms with Gasteiger partial charge in [0.15, 0.2) is 0 Å². The van der Waals surface area contributed by atoms with E-state index in [-0.39, 0.29) is 5.91 Å². The summed E-state index contributed by atoms with van der Waals surface area (Å²) in [6.07, 6.45) is 0. The minimum absolute atomic E-state index is 0.212. The number of aromatic nitrogens is 4. The van der Waals surface area contributed by atoms with Gasteiger partial charge in [-0.05, 0) is 54.1 Å². The van der Waals surface area contributed by atoms with Gasteiger partial charge < -0.3 is 15.4 Å². The first-order valence-corrected chi connectivity index (χ1v) is 9.02. The van der Waals surface area contributed by atoms with Gasteiger partial charge in [0.2, 0.25) is 5.95 Å². The van der Waals surface area contributed by atoms with Crippen LogP contribution < -0.4 is 15.4 Å². The lowest BCUT2D eigenvalue weighted by atomic mass is 9.95. The Kier molecular flexibility index (Phi) is 4.76. The van der Waals surface area contributed by atoms with Crippen LogP contribution >= 0.6 is 0 Å². The Hall–Kier alpha value is -3.68. The molecule has 1 aromatic heterocycles. The van der Waals surface area contributed by atoms with Gasteiger partial charge in [-0.2, -0.15) is 4.68 Å². The molecule has 2 aromatic carbocycles. The van der Waals surface area contributed by atoms with E-state index >= 15 is 0 Å². The van der Waals surface area contributed by atoms with Crippen molar-refractivity contribution >= 4 is 17.5 Å². The third kappa shape index (κ3) is 3.32. The van der Waals surface area contributed by atoms with Gasteiger partial charge in [-0.3, -0.25) is 4.79 Å². The molecule has 0 saturated carbocycles. The normalized spacial score (nSPS) is 15.6. The monoisotopic (exact) mass is 376 g/mol. The van der Waals surface area contributed by atoms with E-state index in [1.54, 1.807) is 4.68 Å². The second-order valence-electron chi connectivity index (χ2n) is 6.34. The molecule has 2 N–H and O–H groups in total. The van der Waals surface area contributed by atoms with Gasteiger partial charge >= 0.3 is 0 Å². The number of hydrogen-bond donors (Lipinski definition) is 2. The topological polar surface area (TPSA) is 94.0 Å². The number of nitrogens with one attached hydrogen (secondary N) is 2. The maximum atomic E-state index is 13.1. The summed E-state index contributed by atoms with van der Waals surface area (Å²) in [6.45, 7) is 4.37. The molecule has 1 aliphatic rings. The van der Waals surface area contributed by atoms with Crippen molar-refractivity contribution in [2.45, 2.75) is 19.9 Å². The Morgan fingerprint density at radius 1 is 1.18 bits per heavy atom. The molecule has 1 atom stereocenters. The summed E-state index contributed by atoms with van der Waals surface area (Å²) in [5, 5.41) is 17.9. The minimum Gasteiger partial charge on any atom is -0.494 e. The average Bonchev–Trinajstić information content (AvgIpc) is 3.16. The van der Waals surface area contributed by atoms with Gasteiger partial charge in [0.25, 0.3) is 5.91 Å². The number of allylic oxidation sites excluding steroid dienone is 1. The van der Waals surface area contributed by atoms with Gasteiger partial charge in [-0.15, -0.1) is 0 Å². The first kappa shape index (κ1) is 17.7. The average molecular weight is 376 g/mol. The highest BCUT2D eigenvalue weighted by Crippen LogP contribution is 2.35. The third-order valence-corrected chi connectivity index (χ3v) is 4.50. The van der Waals surface area contributed by atoms with E-state index < -0.39 is 6.04 Å². The fraction of sp³-hybridized carbons (Fsp3) is 0.200. The number of hydrogen-bond acceptors (Lipinski definition) is 6. The smallest absolute Gasteiger partial charge is 0.255 e. The zero-order valence-corrected chi connectivity index (χ0v) is 15.6. The number of benzene rings is 2. The van der Waals surface area contributed by atoms with Crippen LogP contribution in [0, 0.1) is 0 Å². The molecule has 0 aliphatic carbocycles. The standard InChI is InChI=1S/C20H20N6O2/c1-3-28-16-11-9-14(10-12-16)18-17(13(2)21-20-23-24-25-26(18)20)19(27)22-15-7-5-4-6-8-15/h4-12,18H,3H2,1-2H3,(H,22,27)(H,21,23,25)/t18-/m0/s1. The Morgan fingerprint density at radius 2 is 1.93 bits per heavy atom. The van der Waals surface area contributed by atoms with Crippen molar-refractivity contribution in [1.29, 1.82) is 0 Å². The summed E-state index contributed by atoms with van der Waals surface area (Å²) in [6, 6.07) is 16.5. The number of para-hydroxylation sites is 1. The summed E-state index contributed by atoms with van der Waals surface area (Å²) in [4.78, 5) is 13.1. The van der Waals surface area contributed by atoms with E-state index in [0.29, 0.717) is 23.8 Å². The van der Waals surface area contributed by atoms with E-state index in [4.69, 9.17) is 4.74 Å². The molecule has 0 spiro atoms. The van der Waals surface area contributed by atoms with E-state index in [9.17, 15) is 4.79 Å². The molecule has 1 aliphatic heterocycles. The number of anilines is 2. The maximum absolute atomic E-state index is 13.1. The SMILES string of the molecule is CCOc1ccc([C@H]2C(C(=O)Nc3ccccc3)=C(C)Nc3nnnn32)cc1. The minimum atomic E-state index is -0.453. The van der Waals surface area contributed by atoms with E-state index in [1.165, 1.54) is 0 Å². The van der Waals surface area contributed by atoms with E-state index in [0.717, 1.165) is 17.0 Å². The number of rotatable bonds is 5. The van der Waals surface area contributed by atoms with Crippen molar-refractivity contribution < 1.29 is 9.53 Å². The van der Waals surface area contributed by atoms with Crippen LogP contribution in [0.4, 0.5) is 11.6 Å². The Balaban J connectivity index is 1.73. The Morgan fingerprint density at radius 3 is 2.64 bits per heavy atom. The molecule has 142 valence electrons. The Bertz CT molecular complexity index is 1010. The van der Waals surface area contributed by atoms with Crippen molar-refractivity contribution in [3.63, 3.8) is 0 Å². The van der Waals surface area contributed by atoms with Crippen LogP contribution in [0.1, 0.15) is 25.5 Å². The molecule has 8 nitrogen and oxygen atoms in total. The van der Waals surface area contributed by atoms with Gasteiger partial charge in [0.05, 0.1) is 12.2 Å². The third-order valence-electron chi connectivity index (χ3n) is 4.50. The van der Waals surface area contributed by atoms with Crippen LogP contribution in [0.5, 0.6) is 5.75 Å². The first-order valence-electron chi connectivity index (χ1n) is 9.02. The van der Waals surface area contributed by atoms with Crippen LogP contribution in [-0.2, 0) is 4.79 Å². The fourth-order valence-electron chi connectivity index (χ4n) is 3.25. The highest BCUT2D eigenvalue weighted by atomic mass is 16.5. The van der Waals surface area contributed by atoms with Crippen molar-refractivity contribution in [2.24, 2.45) is 0 Å². The lowest BCUT2D eigenvalue weighted by Gasteiger charge is -2.28. The van der Waals surface area contributed by atoms with E-state index in [2.05, 4.69) is 26.2 Å². The molecule has 4 rings (SSSR count). The van der Waals surface area contributed by atoms with Crippen molar-refractivity contribution in [2.75, 3.05) is 17.2 Å². The molecule has 0 radical (unpaired) electrons. The van der Waals surface area contributed by atoms with Crippen molar-refractivity contribution in [1.82, 2.24) is 20.2 Å². The number of carbonyl (C=O) groups is 1. The number of tetrazole rings is 1. The van der Waals surface area contributed by atoms with Gasteiger partial charge in [-0.25, -0.2) is 0 Å². The molecule has 3 aromatic rings. The number of ether oxygens (including phenoxy) is 1. The van der Waals surface area contributed by atoms with Crippen LogP contribution in [0.25, 0.3) is 0 Å². The maximum Gasteiger partial charge on any atom is 0.255 e. The van der Waals surface area contributed by atoms with Crippen molar-refractivity contribution in [3.8, 4) is 5.75 Å². The second kappa shape index (κ2) is 7.51. The van der Waals surface area contributed by atoms with Gasteiger partial charge in [0, 0.05) is 11.4 Å². The highest BCUT2D eigenvalue weighted by molar-refractivity contribution is 6.05. The molecule has 0 fully saturated rings. The largest absolute Gasteiger partial charge is 0.494 e. The van der Waals surface area contributed by atoms with Crippen LogP contribution in [0.2, 0.25) is 0 Å². The van der Waals surface area contributed by atoms with E-state index in [1.807, 2.05) is 68.4 Å². The van der Waals surface area contributed by atoms with Crippen LogP contribution in [0.3, 0.4) is 0 Å². The molecule has 0 unspecified atom stereocenters. The number of nitrogens with zero attached hydrogens (tertiary/aromatic N) is 4. The fourth-order valence-corrected chi connectivity index (χ4v) is 3.25. The molecule has 1 amide bonds. The first-order chi connectivity index (χ1) is 13.7.